The van der Waals surface area contributed by atoms with Crippen LogP contribution in [0, 0.1) is 5.82 Å². The monoisotopic (exact) mass is 246 g/mol. The molecule has 2 aromatic carbocycles. The average molecular weight is 246 g/mol. The molecule has 2 rings (SSSR count). The summed E-state index contributed by atoms with van der Waals surface area (Å²) in [5.41, 5.74) is 7.78. The van der Waals surface area contributed by atoms with Crippen LogP contribution in [-0.4, -0.2) is 5.11 Å². The Balaban J connectivity index is 2.51. The van der Waals surface area contributed by atoms with Crippen molar-refractivity contribution >= 4 is 23.0 Å². The van der Waals surface area contributed by atoms with Gasteiger partial charge in [-0.15, -0.1) is 0 Å². The van der Waals surface area contributed by atoms with E-state index in [0.717, 1.165) is 11.1 Å². The molecular weight excluding hydrogens is 235 g/mol. The molecule has 0 aliphatic heterocycles. The predicted octanol–water partition coefficient (Wildman–Crippen LogP) is 3.15. The van der Waals surface area contributed by atoms with Gasteiger partial charge in [-0.1, -0.05) is 30.3 Å². The Morgan fingerprint density at radius 2 is 1.82 bits per heavy atom. The Kier molecular flexibility index (Phi) is 3.35. The van der Waals surface area contributed by atoms with Crippen molar-refractivity contribution in [3.05, 3.63) is 54.3 Å². The third-order valence-electron chi connectivity index (χ3n) is 2.32. The van der Waals surface area contributed by atoms with Crippen LogP contribution in [-0.2, 0) is 0 Å². The van der Waals surface area contributed by atoms with Crippen LogP contribution >= 0.6 is 12.2 Å². The number of hydrogen-bond acceptors (Lipinski definition) is 1. The van der Waals surface area contributed by atoms with Crippen LogP contribution in [0.4, 0.5) is 10.1 Å². The van der Waals surface area contributed by atoms with Gasteiger partial charge in [0.05, 0.1) is 0 Å². The normalized spacial score (nSPS) is 9.94. The smallest absolute Gasteiger partial charge is 0.168 e. The van der Waals surface area contributed by atoms with E-state index >= 15 is 0 Å². The quantitative estimate of drug-likeness (QED) is 0.799. The molecule has 0 aliphatic rings. The summed E-state index contributed by atoms with van der Waals surface area (Å²) in [5, 5.41) is 3.00. The van der Waals surface area contributed by atoms with E-state index in [1.165, 1.54) is 12.1 Å². The summed E-state index contributed by atoms with van der Waals surface area (Å²) in [6.07, 6.45) is 0. The first kappa shape index (κ1) is 11.5. The molecule has 0 fully saturated rings. The van der Waals surface area contributed by atoms with Gasteiger partial charge < -0.3 is 11.1 Å². The van der Waals surface area contributed by atoms with Crippen LogP contribution in [0.3, 0.4) is 0 Å². The molecule has 0 saturated carbocycles. The number of nitrogens with two attached hydrogens (primary N) is 1. The van der Waals surface area contributed by atoms with E-state index in [1.54, 1.807) is 6.07 Å². The van der Waals surface area contributed by atoms with Gasteiger partial charge in [-0.2, -0.15) is 0 Å². The molecule has 0 bridgehead atoms. The number of anilines is 1. The van der Waals surface area contributed by atoms with E-state index in [0.29, 0.717) is 5.69 Å². The Morgan fingerprint density at radius 3 is 2.47 bits per heavy atom. The maximum absolute atomic E-state index is 13.3. The third-order valence-corrected chi connectivity index (χ3v) is 2.43. The molecule has 0 aromatic heterocycles. The highest BCUT2D eigenvalue weighted by Crippen LogP contribution is 2.28. The highest BCUT2D eigenvalue weighted by atomic mass is 32.1. The number of halogens is 1. The average Bonchev–Trinajstić information content (AvgIpc) is 2.32. The first-order valence-electron chi connectivity index (χ1n) is 5.08. The highest BCUT2D eigenvalue weighted by Gasteiger charge is 2.06. The zero-order chi connectivity index (χ0) is 12.3. The minimum absolute atomic E-state index is 0.161. The number of thiocarbonyl (C=S) groups is 1. The minimum Gasteiger partial charge on any atom is -0.376 e. The summed E-state index contributed by atoms with van der Waals surface area (Å²) in [6, 6.07) is 13.9. The molecule has 0 atom stereocenters. The zero-order valence-corrected chi connectivity index (χ0v) is 9.80. The second-order valence-electron chi connectivity index (χ2n) is 3.55. The van der Waals surface area contributed by atoms with Crippen LogP contribution in [0.15, 0.2) is 48.5 Å². The Bertz CT molecular complexity index is 540. The van der Waals surface area contributed by atoms with E-state index in [9.17, 15) is 4.39 Å². The molecule has 0 heterocycles. The van der Waals surface area contributed by atoms with Crippen LogP contribution in [0.25, 0.3) is 11.1 Å². The predicted molar refractivity (Wildman–Crippen MR) is 72.2 cm³/mol. The highest BCUT2D eigenvalue weighted by molar-refractivity contribution is 7.80. The molecule has 0 spiro atoms. The molecule has 0 radical (unpaired) electrons. The van der Waals surface area contributed by atoms with Crippen molar-refractivity contribution in [3.8, 4) is 11.1 Å². The summed E-state index contributed by atoms with van der Waals surface area (Å²) in [7, 11) is 0. The first-order valence-corrected chi connectivity index (χ1v) is 5.49. The Hall–Kier alpha value is -1.94. The van der Waals surface area contributed by atoms with Gasteiger partial charge >= 0.3 is 0 Å². The molecule has 3 N–H and O–H groups in total. The van der Waals surface area contributed by atoms with Crippen LogP contribution in [0.5, 0.6) is 0 Å². The summed E-state index contributed by atoms with van der Waals surface area (Å²) in [4.78, 5) is 0. The van der Waals surface area contributed by atoms with Gasteiger partial charge in [0.2, 0.25) is 0 Å². The first-order chi connectivity index (χ1) is 8.16. The van der Waals surface area contributed by atoms with Crippen molar-refractivity contribution in [3.63, 3.8) is 0 Å². The standard InChI is InChI=1S/C13H11FN2S/c14-10-6-7-12(16-13(15)17)11(8-10)9-4-2-1-3-5-9/h1-8H,(H3,15,16,17). The lowest BCUT2D eigenvalue weighted by molar-refractivity contribution is 0.628. The molecule has 0 saturated heterocycles. The number of hydrogen-bond donors (Lipinski definition) is 2. The SMILES string of the molecule is NC(=S)Nc1ccc(F)cc1-c1ccccc1. The van der Waals surface area contributed by atoms with Crippen molar-refractivity contribution in [2.24, 2.45) is 5.73 Å². The zero-order valence-electron chi connectivity index (χ0n) is 8.98. The van der Waals surface area contributed by atoms with Gasteiger partial charge in [-0.3, -0.25) is 0 Å². The maximum atomic E-state index is 13.3. The van der Waals surface area contributed by atoms with Gasteiger partial charge in [0.1, 0.15) is 5.82 Å². The van der Waals surface area contributed by atoms with Crippen LogP contribution < -0.4 is 11.1 Å². The second-order valence-corrected chi connectivity index (χ2v) is 3.99. The van der Waals surface area contributed by atoms with Gasteiger partial charge in [-0.25, -0.2) is 4.39 Å². The van der Waals surface area contributed by atoms with E-state index < -0.39 is 0 Å². The molecule has 86 valence electrons. The lowest BCUT2D eigenvalue weighted by Crippen LogP contribution is -2.19. The molecule has 0 unspecified atom stereocenters. The fourth-order valence-electron chi connectivity index (χ4n) is 1.61. The van der Waals surface area contributed by atoms with Gasteiger partial charge in [-0.05, 0) is 36.0 Å². The van der Waals surface area contributed by atoms with Gasteiger partial charge in [0, 0.05) is 11.3 Å². The van der Waals surface area contributed by atoms with E-state index in [4.69, 9.17) is 18.0 Å². The molecule has 17 heavy (non-hydrogen) atoms. The number of nitrogens with one attached hydrogen (secondary N) is 1. The molecule has 0 amide bonds. The van der Waals surface area contributed by atoms with Crippen molar-refractivity contribution < 1.29 is 4.39 Å². The summed E-state index contributed by atoms with van der Waals surface area (Å²) >= 11 is 4.79. The number of rotatable bonds is 2. The summed E-state index contributed by atoms with van der Waals surface area (Å²) in [6.45, 7) is 0. The lowest BCUT2D eigenvalue weighted by Gasteiger charge is -2.11. The maximum Gasteiger partial charge on any atom is 0.168 e. The van der Waals surface area contributed by atoms with Crippen molar-refractivity contribution in [1.29, 1.82) is 0 Å². The second kappa shape index (κ2) is 4.93. The van der Waals surface area contributed by atoms with E-state index in [1.807, 2.05) is 30.3 Å². The fraction of sp³-hybridized carbons (Fsp3) is 0. The van der Waals surface area contributed by atoms with Crippen LogP contribution in [0.2, 0.25) is 0 Å². The molecule has 4 heteroatoms. The van der Waals surface area contributed by atoms with Gasteiger partial charge in [0.15, 0.2) is 5.11 Å². The number of benzene rings is 2. The fourth-order valence-corrected chi connectivity index (χ4v) is 1.72. The molecule has 2 aromatic rings. The van der Waals surface area contributed by atoms with Crippen molar-refractivity contribution in [2.75, 3.05) is 5.32 Å². The summed E-state index contributed by atoms with van der Waals surface area (Å²) in [5.74, 6) is -0.294. The molecular formula is C13H11FN2S. The lowest BCUT2D eigenvalue weighted by atomic mass is 10.0. The molecule has 2 nitrogen and oxygen atoms in total. The Morgan fingerprint density at radius 1 is 1.12 bits per heavy atom. The largest absolute Gasteiger partial charge is 0.376 e. The van der Waals surface area contributed by atoms with E-state index in [2.05, 4.69) is 5.32 Å². The van der Waals surface area contributed by atoms with Crippen molar-refractivity contribution in [1.82, 2.24) is 0 Å². The van der Waals surface area contributed by atoms with Crippen LogP contribution in [0.1, 0.15) is 0 Å². The topological polar surface area (TPSA) is 38.0 Å². The molecule has 0 aliphatic carbocycles. The Labute approximate surface area is 104 Å². The minimum atomic E-state index is -0.294. The van der Waals surface area contributed by atoms with Crippen molar-refractivity contribution in [2.45, 2.75) is 0 Å². The third kappa shape index (κ3) is 2.79. The van der Waals surface area contributed by atoms with Gasteiger partial charge in [0.25, 0.3) is 0 Å². The summed E-state index contributed by atoms with van der Waals surface area (Å²) < 4.78 is 13.3. The van der Waals surface area contributed by atoms with E-state index in [-0.39, 0.29) is 10.9 Å².